The maximum atomic E-state index is 12.5. The van der Waals surface area contributed by atoms with Gasteiger partial charge in [-0.1, -0.05) is 46.8 Å². The van der Waals surface area contributed by atoms with E-state index in [1.165, 1.54) is 5.56 Å². The number of hydrogen-bond donors (Lipinski definition) is 0. The monoisotopic (exact) mass is 402 g/mol. The van der Waals surface area contributed by atoms with E-state index in [0.29, 0.717) is 44.9 Å². The molecular weight excluding hydrogens is 364 g/mol. The molecule has 5 nitrogen and oxygen atoms in total. The Bertz CT molecular complexity index is 662. The summed E-state index contributed by atoms with van der Waals surface area (Å²) < 4.78 is 5.80. The van der Waals surface area contributed by atoms with Gasteiger partial charge >= 0.3 is 0 Å². The second kappa shape index (κ2) is 10.7. The van der Waals surface area contributed by atoms with E-state index in [2.05, 4.69) is 46.8 Å². The molecule has 0 bridgehead atoms. The van der Waals surface area contributed by atoms with Gasteiger partial charge < -0.3 is 14.5 Å². The molecular formula is C24H38N2O3. The van der Waals surface area contributed by atoms with Crippen molar-refractivity contribution in [2.45, 2.75) is 65.7 Å². The zero-order valence-electron chi connectivity index (χ0n) is 18.9. The average molecular weight is 403 g/mol. The van der Waals surface area contributed by atoms with Crippen LogP contribution in [0.25, 0.3) is 0 Å². The van der Waals surface area contributed by atoms with Crippen LogP contribution in [0.4, 0.5) is 0 Å². The Morgan fingerprint density at radius 1 is 0.966 bits per heavy atom. The smallest absolute Gasteiger partial charge is 0.222 e. The molecule has 0 aliphatic carbocycles. The summed E-state index contributed by atoms with van der Waals surface area (Å²) in [5, 5.41) is 0. The predicted molar refractivity (Wildman–Crippen MR) is 117 cm³/mol. The zero-order chi connectivity index (χ0) is 21.4. The number of amides is 2. The number of ether oxygens (including phenoxy) is 1. The summed E-state index contributed by atoms with van der Waals surface area (Å²) in [7, 11) is 0. The highest BCUT2D eigenvalue weighted by Gasteiger charge is 2.22. The Hall–Kier alpha value is -2.04. The van der Waals surface area contributed by atoms with E-state index < -0.39 is 0 Å². The van der Waals surface area contributed by atoms with E-state index in [1.54, 1.807) is 0 Å². The second-order valence-corrected chi connectivity index (χ2v) is 9.44. The van der Waals surface area contributed by atoms with Crippen molar-refractivity contribution in [3.63, 3.8) is 0 Å². The van der Waals surface area contributed by atoms with Gasteiger partial charge in [0.1, 0.15) is 5.75 Å². The van der Waals surface area contributed by atoms with Crippen LogP contribution in [0.1, 0.15) is 65.9 Å². The quantitative estimate of drug-likeness (QED) is 0.641. The molecule has 0 radical (unpaired) electrons. The largest absolute Gasteiger partial charge is 0.494 e. The minimum atomic E-state index is 0.132. The van der Waals surface area contributed by atoms with Crippen LogP contribution in [-0.4, -0.2) is 54.4 Å². The van der Waals surface area contributed by atoms with Crippen molar-refractivity contribution in [3.8, 4) is 5.75 Å². The van der Waals surface area contributed by atoms with Gasteiger partial charge in [-0.3, -0.25) is 9.59 Å². The first-order chi connectivity index (χ1) is 13.7. The van der Waals surface area contributed by atoms with E-state index in [1.807, 2.05) is 21.9 Å². The Balaban J connectivity index is 1.70. The number of rotatable bonds is 7. The molecule has 1 heterocycles. The standard InChI is InChI=1S/C24H38N2O3/c1-19(2)18-23(28)26-14-7-13-25(15-16-26)22(27)8-6-17-29-21-11-9-20(10-12-21)24(3,4)5/h9-12,19H,6-8,13-18H2,1-5H3. The molecule has 1 fully saturated rings. The third-order valence-electron chi connectivity index (χ3n) is 5.31. The van der Waals surface area contributed by atoms with Crippen LogP contribution in [0.15, 0.2) is 24.3 Å². The minimum Gasteiger partial charge on any atom is -0.494 e. The van der Waals surface area contributed by atoms with Gasteiger partial charge in [0.2, 0.25) is 11.8 Å². The topological polar surface area (TPSA) is 49.9 Å². The van der Waals surface area contributed by atoms with Crippen LogP contribution < -0.4 is 4.74 Å². The Morgan fingerprint density at radius 2 is 1.55 bits per heavy atom. The van der Waals surface area contributed by atoms with Crippen molar-refractivity contribution < 1.29 is 14.3 Å². The molecule has 2 rings (SSSR count). The summed E-state index contributed by atoms with van der Waals surface area (Å²) in [4.78, 5) is 28.6. The third-order valence-corrected chi connectivity index (χ3v) is 5.31. The highest BCUT2D eigenvalue weighted by molar-refractivity contribution is 5.77. The fourth-order valence-corrected chi connectivity index (χ4v) is 3.52. The lowest BCUT2D eigenvalue weighted by Gasteiger charge is -2.23. The van der Waals surface area contributed by atoms with Gasteiger partial charge in [0.15, 0.2) is 0 Å². The molecule has 0 aromatic heterocycles. The minimum absolute atomic E-state index is 0.132. The molecule has 162 valence electrons. The van der Waals surface area contributed by atoms with Gasteiger partial charge in [-0.15, -0.1) is 0 Å². The SMILES string of the molecule is CC(C)CC(=O)N1CCCN(C(=O)CCCOc2ccc(C(C)(C)C)cc2)CC1. The van der Waals surface area contributed by atoms with Gasteiger partial charge in [0, 0.05) is 39.0 Å². The highest BCUT2D eigenvalue weighted by atomic mass is 16.5. The zero-order valence-corrected chi connectivity index (χ0v) is 18.9. The molecule has 0 unspecified atom stereocenters. The average Bonchev–Trinajstić information content (AvgIpc) is 2.90. The molecule has 29 heavy (non-hydrogen) atoms. The van der Waals surface area contributed by atoms with Gasteiger partial charge in [0.05, 0.1) is 6.61 Å². The molecule has 2 amide bonds. The second-order valence-electron chi connectivity index (χ2n) is 9.44. The van der Waals surface area contributed by atoms with E-state index in [-0.39, 0.29) is 17.2 Å². The first kappa shape index (κ1) is 23.2. The maximum Gasteiger partial charge on any atom is 0.222 e. The molecule has 0 spiro atoms. The van der Waals surface area contributed by atoms with Crippen LogP contribution >= 0.6 is 0 Å². The molecule has 0 atom stereocenters. The van der Waals surface area contributed by atoms with E-state index >= 15 is 0 Å². The number of benzene rings is 1. The molecule has 1 aromatic carbocycles. The summed E-state index contributed by atoms with van der Waals surface area (Å²) in [6.07, 6.45) is 2.63. The molecule has 1 aliphatic rings. The van der Waals surface area contributed by atoms with Crippen molar-refractivity contribution in [2.75, 3.05) is 32.8 Å². The van der Waals surface area contributed by atoms with E-state index in [0.717, 1.165) is 25.3 Å². The van der Waals surface area contributed by atoms with Crippen LogP contribution in [0, 0.1) is 5.92 Å². The first-order valence-electron chi connectivity index (χ1n) is 11.0. The molecule has 1 aromatic rings. The molecule has 5 heteroatoms. The van der Waals surface area contributed by atoms with Crippen molar-refractivity contribution in [1.29, 1.82) is 0 Å². The Labute approximate surface area is 176 Å². The lowest BCUT2D eigenvalue weighted by atomic mass is 9.87. The summed E-state index contributed by atoms with van der Waals surface area (Å²) >= 11 is 0. The Kier molecular flexibility index (Phi) is 8.54. The van der Waals surface area contributed by atoms with Crippen molar-refractivity contribution in [2.24, 2.45) is 5.92 Å². The summed E-state index contributed by atoms with van der Waals surface area (Å²) in [5.41, 5.74) is 1.41. The maximum absolute atomic E-state index is 12.5. The first-order valence-corrected chi connectivity index (χ1v) is 11.0. The molecule has 0 N–H and O–H groups in total. The summed E-state index contributed by atoms with van der Waals surface area (Å²) in [6, 6.07) is 8.20. The van der Waals surface area contributed by atoms with Crippen LogP contribution in [0.2, 0.25) is 0 Å². The number of carbonyl (C=O) groups is 2. The fraction of sp³-hybridized carbons (Fsp3) is 0.667. The van der Waals surface area contributed by atoms with Gasteiger partial charge in [-0.25, -0.2) is 0 Å². The van der Waals surface area contributed by atoms with Crippen LogP contribution in [0.3, 0.4) is 0 Å². The van der Waals surface area contributed by atoms with Gasteiger partial charge in [-0.2, -0.15) is 0 Å². The summed E-state index contributed by atoms with van der Waals surface area (Å²) in [6.45, 7) is 14.0. The fourth-order valence-electron chi connectivity index (χ4n) is 3.52. The molecule has 0 saturated carbocycles. The lowest BCUT2D eigenvalue weighted by Crippen LogP contribution is -2.37. The van der Waals surface area contributed by atoms with Crippen molar-refractivity contribution >= 4 is 11.8 Å². The van der Waals surface area contributed by atoms with Crippen molar-refractivity contribution in [1.82, 2.24) is 9.80 Å². The number of carbonyl (C=O) groups excluding carboxylic acids is 2. The van der Waals surface area contributed by atoms with E-state index in [4.69, 9.17) is 4.74 Å². The van der Waals surface area contributed by atoms with Crippen molar-refractivity contribution in [3.05, 3.63) is 29.8 Å². The summed E-state index contributed by atoms with van der Waals surface area (Å²) in [5.74, 6) is 1.59. The highest BCUT2D eigenvalue weighted by Crippen LogP contribution is 2.24. The normalized spacial score (nSPS) is 15.4. The van der Waals surface area contributed by atoms with Crippen LogP contribution in [0.5, 0.6) is 5.75 Å². The van der Waals surface area contributed by atoms with Gasteiger partial charge in [0.25, 0.3) is 0 Å². The van der Waals surface area contributed by atoms with Gasteiger partial charge in [-0.05, 0) is 41.9 Å². The number of nitrogens with zero attached hydrogens (tertiary/aromatic N) is 2. The third kappa shape index (κ3) is 7.71. The van der Waals surface area contributed by atoms with Crippen LogP contribution in [-0.2, 0) is 15.0 Å². The lowest BCUT2D eigenvalue weighted by molar-refractivity contribution is -0.134. The Morgan fingerprint density at radius 3 is 2.10 bits per heavy atom. The van der Waals surface area contributed by atoms with E-state index in [9.17, 15) is 9.59 Å². The predicted octanol–water partition coefficient (Wildman–Crippen LogP) is 4.25. The molecule has 1 saturated heterocycles. The number of hydrogen-bond acceptors (Lipinski definition) is 3. The molecule has 1 aliphatic heterocycles.